The van der Waals surface area contributed by atoms with Crippen LogP contribution in [0.3, 0.4) is 0 Å². The van der Waals surface area contributed by atoms with Gasteiger partial charge in [0.15, 0.2) is 11.5 Å². The molecule has 3 aromatic carbocycles. The van der Waals surface area contributed by atoms with E-state index in [2.05, 4.69) is 5.32 Å². The number of carbonyl (C=O) groups is 2. The van der Waals surface area contributed by atoms with Gasteiger partial charge in [0.1, 0.15) is 31.6 Å². The van der Waals surface area contributed by atoms with Gasteiger partial charge in [-0.3, -0.25) is 13.9 Å². The molecule has 2 amide bonds. The highest BCUT2D eigenvalue weighted by Gasteiger charge is 2.33. The summed E-state index contributed by atoms with van der Waals surface area (Å²) in [4.78, 5) is 28.1. The summed E-state index contributed by atoms with van der Waals surface area (Å²) < 4.78 is 53.5. The van der Waals surface area contributed by atoms with Crippen LogP contribution in [-0.4, -0.2) is 57.5 Å². The van der Waals surface area contributed by atoms with Gasteiger partial charge in [-0.2, -0.15) is 0 Å². The molecule has 0 aliphatic carbocycles. The molecule has 0 saturated carbocycles. The van der Waals surface area contributed by atoms with Crippen molar-refractivity contribution in [3.8, 4) is 11.5 Å². The van der Waals surface area contributed by atoms with E-state index in [0.717, 1.165) is 4.31 Å². The normalized spacial score (nSPS) is 13.3. The highest BCUT2D eigenvalue weighted by molar-refractivity contribution is 7.92. The first-order valence-electron chi connectivity index (χ1n) is 13.0. The van der Waals surface area contributed by atoms with Crippen LogP contribution in [0.15, 0.2) is 77.7 Å². The number of carbonyl (C=O) groups excluding carboxylic acids is 2. The number of hydrogen-bond acceptors (Lipinski definition) is 6. The fraction of sp³-hybridized carbons (Fsp3) is 0.310. The predicted molar refractivity (Wildman–Crippen MR) is 148 cm³/mol. The Bertz CT molecular complexity index is 1430. The van der Waals surface area contributed by atoms with E-state index in [1.54, 1.807) is 37.3 Å². The maximum atomic E-state index is 13.9. The molecule has 11 heteroatoms. The average Bonchev–Trinajstić information content (AvgIpc) is 2.98. The lowest BCUT2D eigenvalue weighted by Gasteiger charge is -2.32. The van der Waals surface area contributed by atoms with Gasteiger partial charge in [-0.15, -0.1) is 0 Å². The Morgan fingerprint density at radius 1 is 0.975 bits per heavy atom. The van der Waals surface area contributed by atoms with Crippen LogP contribution in [0.1, 0.15) is 25.8 Å². The number of nitrogens with one attached hydrogen (secondary N) is 1. The van der Waals surface area contributed by atoms with Gasteiger partial charge in [0.2, 0.25) is 11.8 Å². The molecule has 1 atom stereocenters. The van der Waals surface area contributed by atoms with Crippen molar-refractivity contribution in [3.63, 3.8) is 0 Å². The minimum Gasteiger partial charge on any atom is -0.486 e. The van der Waals surface area contributed by atoms with Gasteiger partial charge in [0, 0.05) is 19.2 Å². The Kier molecular flexibility index (Phi) is 9.26. The van der Waals surface area contributed by atoms with E-state index in [1.165, 1.54) is 47.4 Å². The number of benzene rings is 3. The molecule has 0 aromatic heterocycles. The minimum atomic E-state index is -4.21. The van der Waals surface area contributed by atoms with Crippen molar-refractivity contribution < 1.29 is 31.9 Å². The Hall–Kier alpha value is -4.12. The third-order valence-electron chi connectivity index (χ3n) is 6.41. The third kappa shape index (κ3) is 6.71. The summed E-state index contributed by atoms with van der Waals surface area (Å²) in [7, 11) is -4.21. The van der Waals surface area contributed by atoms with Crippen molar-refractivity contribution in [1.29, 1.82) is 0 Å². The summed E-state index contributed by atoms with van der Waals surface area (Å²) in [6.45, 7) is 3.96. The number of anilines is 1. The van der Waals surface area contributed by atoms with Crippen LogP contribution in [0, 0.1) is 5.82 Å². The number of rotatable bonds is 11. The Morgan fingerprint density at radius 3 is 2.33 bits per heavy atom. The molecule has 0 fully saturated rings. The summed E-state index contributed by atoms with van der Waals surface area (Å²) in [5.41, 5.74) is 0.785. The van der Waals surface area contributed by atoms with Crippen LogP contribution in [0.5, 0.6) is 11.5 Å². The maximum Gasteiger partial charge on any atom is 0.264 e. The van der Waals surface area contributed by atoms with Crippen LogP contribution >= 0.6 is 0 Å². The zero-order chi connectivity index (χ0) is 28.7. The number of sulfonamides is 1. The van der Waals surface area contributed by atoms with E-state index >= 15 is 0 Å². The van der Waals surface area contributed by atoms with Crippen LogP contribution < -0.4 is 19.1 Å². The number of halogens is 1. The predicted octanol–water partition coefficient (Wildman–Crippen LogP) is 3.74. The van der Waals surface area contributed by atoms with Gasteiger partial charge in [-0.1, -0.05) is 37.3 Å². The smallest absolute Gasteiger partial charge is 0.264 e. The molecular formula is C29H32FN3O6S. The van der Waals surface area contributed by atoms with Crippen molar-refractivity contribution >= 4 is 27.5 Å². The lowest BCUT2D eigenvalue weighted by molar-refractivity contribution is -0.139. The van der Waals surface area contributed by atoms with Crippen molar-refractivity contribution in [2.45, 2.75) is 37.8 Å². The number of fused-ring (bicyclic) bond motifs is 1. The highest BCUT2D eigenvalue weighted by Crippen LogP contribution is 2.36. The molecule has 40 heavy (non-hydrogen) atoms. The van der Waals surface area contributed by atoms with Gasteiger partial charge in [0.25, 0.3) is 10.0 Å². The fourth-order valence-electron chi connectivity index (χ4n) is 4.20. The van der Waals surface area contributed by atoms with E-state index in [1.807, 2.05) is 6.92 Å². The van der Waals surface area contributed by atoms with Gasteiger partial charge < -0.3 is 19.7 Å². The SMILES string of the molecule is CCCNC(=O)C(C)N(Cc1ccc(F)cc1)C(=O)CN(c1ccc2c(c1)OCCO2)S(=O)(=O)c1ccccc1. The standard InChI is InChI=1S/C29H32FN3O6S/c1-3-15-31-29(35)21(2)32(19-22-9-11-23(30)12-10-22)28(34)20-33(40(36,37)25-7-5-4-6-8-25)24-13-14-26-27(18-24)39-17-16-38-26/h4-14,18,21H,3,15-17,19-20H2,1-2H3,(H,31,35). The van der Waals surface area contributed by atoms with Crippen molar-refractivity contribution in [2.75, 3.05) is 30.6 Å². The fourth-order valence-corrected chi connectivity index (χ4v) is 5.63. The molecule has 3 aromatic rings. The second-order valence-corrected chi connectivity index (χ2v) is 11.1. The van der Waals surface area contributed by atoms with Crippen molar-refractivity contribution in [2.24, 2.45) is 0 Å². The highest BCUT2D eigenvalue weighted by atomic mass is 32.2. The van der Waals surface area contributed by atoms with E-state index in [4.69, 9.17) is 9.47 Å². The second-order valence-electron chi connectivity index (χ2n) is 9.27. The molecule has 1 heterocycles. The molecule has 212 valence electrons. The third-order valence-corrected chi connectivity index (χ3v) is 8.19. The first kappa shape index (κ1) is 28.9. The summed E-state index contributed by atoms with van der Waals surface area (Å²) in [5.74, 6) is -0.599. The van der Waals surface area contributed by atoms with Crippen LogP contribution in [-0.2, 0) is 26.2 Å². The summed E-state index contributed by atoms with van der Waals surface area (Å²) in [6.07, 6.45) is 0.706. The van der Waals surface area contributed by atoms with Crippen LogP contribution in [0.4, 0.5) is 10.1 Å². The van der Waals surface area contributed by atoms with Crippen molar-refractivity contribution in [3.05, 3.63) is 84.2 Å². The number of ether oxygens (including phenoxy) is 2. The van der Waals surface area contributed by atoms with Gasteiger partial charge in [0.05, 0.1) is 10.6 Å². The lowest BCUT2D eigenvalue weighted by Crippen LogP contribution is -2.51. The summed E-state index contributed by atoms with van der Waals surface area (Å²) in [6, 6.07) is 17.1. The van der Waals surface area contributed by atoms with E-state index in [-0.39, 0.29) is 23.0 Å². The summed E-state index contributed by atoms with van der Waals surface area (Å²) >= 11 is 0. The molecule has 0 bridgehead atoms. The Balaban J connectivity index is 1.71. The summed E-state index contributed by atoms with van der Waals surface area (Å²) in [5, 5.41) is 2.78. The molecular weight excluding hydrogens is 537 g/mol. The molecule has 0 spiro atoms. The number of hydrogen-bond donors (Lipinski definition) is 1. The molecule has 1 aliphatic rings. The number of amides is 2. The zero-order valence-corrected chi connectivity index (χ0v) is 23.2. The van der Waals surface area contributed by atoms with Crippen LogP contribution in [0.25, 0.3) is 0 Å². The van der Waals surface area contributed by atoms with E-state index in [0.29, 0.717) is 43.2 Å². The molecule has 1 N–H and O–H groups in total. The second kappa shape index (κ2) is 12.8. The number of nitrogens with zero attached hydrogens (tertiary/aromatic N) is 2. The molecule has 1 unspecified atom stereocenters. The quantitative estimate of drug-likeness (QED) is 0.377. The lowest BCUT2D eigenvalue weighted by atomic mass is 10.1. The first-order valence-corrected chi connectivity index (χ1v) is 14.4. The van der Waals surface area contributed by atoms with E-state index in [9.17, 15) is 22.4 Å². The monoisotopic (exact) mass is 569 g/mol. The Labute approximate surface area is 233 Å². The maximum absolute atomic E-state index is 13.9. The van der Waals surface area contributed by atoms with Gasteiger partial charge in [-0.25, -0.2) is 12.8 Å². The van der Waals surface area contributed by atoms with Crippen molar-refractivity contribution in [1.82, 2.24) is 10.2 Å². The van der Waals surface area contributed by atoms with Crippen LogP contribution in [0.2, 0.25) is 0 Å². The van der Waals surface area contributed by atoms with E-state index < -0.39 is 34.3 Å². The van der Waals surface area contributed by atoms with Gasteiger partial charge in [-0.05, 0) is 55.3 Å². The minimum absolute atomic E-state index is 0.00323. The topological polar surface area (TPSA) is 105 Å². The van der Waals surface area contributed by atoms with Gasteiger partial charge >= 0.3 is 0 Å². The molecule has 4 rings (SSSR count). The largest absolute Gasteiger partial charge is 0.486 e. The molecule has 9 nitrogen and oxygen atoms in total. The zero-order valence-electron chi connectivity index (χ0n) is 22.4. The first-order chi connectivity index (χ1) is 19.2. The molecule has 0 radical (unpaired) electrons. The Morgan fingerprint density at radius 2 is 1.65 bits per heavy atom. The molecule has 1 aliphatic heterocycles. The molecule has 0 saturated heterocycles. The average molecular weight is 570 g/mol.